The van der Waals surface area contributed by atoms with Gasteiger partial charge in [0, 0.05) is 35.1 Å². The van der Waals surface area contributed by atoms with Crippen molar-refractivity contribution >= 4 is 35.0 Å². The number of amides is 2. The Morgan fingerprint density at radius 2 is 1.84 bits per heavy atom. The fraction of sp³-hybridized carbons (Fsp3) is 0.263. The molecule has 6 heteroatoms. The summed E-state index contributed by atoms with van der Waals surface area (Å²) in [5.41, 5.74) is 2.35. The van der Waals surface area contributed by atoms with E-state index in [1.54, 1.807) is 30.3 Å². The van der Waals surface area contributed by atoms with Crippen molar-refractivity contribution in [2.75, 3.05) is 6.54 Å². The Labute approximate surface area is 157 Å². The maximum absolute atomic E-state index is 12.0. The molecule has 0 saturated heterocycles. The van der Waals surface area contributed by atoms with Gasteiger partial charge in [-0.1, -0.05) is 41.4 Å². The number of hydrogen-bond acceptors (Lipinski definition) is 2. The first kappa shape index (κ1) is 19.3. The summed E-state index contributed by atoms with van der Waals surface area (Å²) in [6.07, 6.45) is 0.873. The quantitative estimate of drug-likeness (QED) is 0.764. The lowest BCUT2D eigenvalue weighted by Crippen LogP contribution is -2.24. The van der Waals surface area contributed by atoms with Gasteiger partial charge < -0.3 is 10.6 Å². The van der Waals surface area contributed by atoms with E-state index in [2.05, 4.69) is 10.6 Å². The van der Waals surface area contributed by atoms with Gasteiger partial charge in [-0.3, -0.25) is 9.59 Å². The van der Waals surface area contributed by atoms with Crippen molar-refractivity contribution in [3.05, 3.63) is 69.2 Å². The highest BCUT2D eigenvalue weighted by Crippen LogP contribution is 2.22. The summed E-state index contributed by atoms with van der Waals surface area (Å²) in [5.74, 6) is -0.192. The summed E-state index contributed by atoms with van der Waals surface area (Å²) < 4.78 is 0. The van der Waals surface area contributed by atoms with Gasteiger partial charge >= 0.3 is 0 Å². The minimum absolute atomic E-state index is 0.0746. The first-order valence-electron chi connectivity index (χ1n) is 8.07. The molecule has 2 aromatic rings. The molecule has 2 N–H and O–H groups in total. The highest BCUT2D eigenvalue weighted by molar-refractivity contribution is 6.35. The van der Waals surface area contributed by atoms with Crippen LogP contribution in [-0.4, -0.2) is 18.4 Å². The summed E-state index contributed by atoms with van der Waals surface area (Å²) in [5, 5.41) is 6.75. The molecule has 0 fully saturated rings. The van der Waals surface area contributed by atoms with Gasteiger partial charge in [0.1, 0.15) is 0 Å². The third-order valence-electron chi connectivity index (χ3n) is 3.65. The minimum atomic E-state index is -0.118. The molecule has 0 aliphatic rings. The SMILES string of the molecule is CCNC(=O)c1cccc(CNC(=O)CCc2ccc(Cl)cc2Cl)c1. The Balaban J connectivity index is 1.85. The van der Waals surface area contributed by atoms with Crippen LogP contribution in [0.25, 0.3) is 0 Å². The van der Waals surface area contributed by atoms with Crippen molar-refractivity contribution in [3.63, 3.8) is 0 Å². The molecule has 0 aromatic heterocycles. The molecule has 0 spiro atoms. The van der Waals surface area contributed by atoms with Gasteiger partial charge in [0.15, 0.2) is 0 Å². The number of nitrogens with one attached hydrogen (secondary N) is 2. The lowest BCUT2D eigenvalue weighted by Gasteiger charge is -2.08. The molecule has 25 heavy (non-hydrogen) atoms. The topological polar surface area (TPSA) is 58.2 Å². The minimum Gasteiger partial charge on any atom is -0.352 e. The van der Waals surface area contributed by atoms with E-state index < -0.39 is 0 Å². The predicted molar refractivity (Wildman–Crippen MR) is 101 cm³/mol. The molecule has 2 aromatic carbocycles. The molecule has 0 heterocycles. The highest BCUT2D eigenvalue weighted by atomic mass is 35.5. The number of carbonyl (C=O) groups excluding carboxylic acids is 2. The fourth-order valence-electron chi connectivity index (χ4n) is 2.35. The maximum Gasteiger partial charge on any atom is 0.251 e. The standard InChI is InChI=1S/C19H20Cl2N2O2/c1-2-22-19(25)15-5-3-4-13(10-15)12-23-18(24)9-7-14-6-8-16(20)11-17(14)21/h3-6,8,10-11H,2,7,9,12H2,1H3,(H,22,25)(H,23,24). The monoisotopic (exact) mass is 378 g/mol. The van der Waals surface area contributed by atoms with E-state index in [4.69, 9.17) is 23.2 Å². The zero-order chi connectivity index (χ0) is 18.2. The molecule has 0 unspecified atom stereocenters. The molecule has 0 aliphatic carbocycles. The Morgan fingerprint density at radius 1 is 1.04 bits per heavy atom. The van der Waals surface area contributed by atoms with Crippen LogP contribution < -0.4 is 10.6 Å². The Morgan fingerprint density at radius 3 is 2.56 bits per heavy atom. The third kappa shape index (κ3) is 6.07. The van der Waals surface area contributed by atoms with Crippen molar-refractivity contribution in [2.45, 2.75) is 26.3 Å². The van der Waals surface area contributed by atoms with Gasteiger partial charge in [-0.25, -0.2) is 0 Å². The average molecular weight is 379 g/mol. The smallest absolute Gasteiger partial charge is 0.251 e. The molecular weight excluding hydrogens is 359 g/mol. The van der Waals surface area contributed by atoms with E-state index in [0.29, 0.717) is 41.5 Å². The van der Waals surface area contributed by atoms with E-state index in [0.717, 1.165) is 11.1 Å². The van der Waals surface area contributed by atoms with E-state index in [-0.39, 0.29) is 11.8 Å². The van der Waals surface area contributed by atoms with E-state index in [1.807, 2.05) is 19.1 Å². The van der Waals surface area contributed by atoms with Crippen LogP contribution in [0.2, 0.25) is 10.0 Å². The second-order valence-corrected chi connectivity index (χ2v) is 6.42. The van der Waals surface area contributed by atoms with Crippen LogP contribution in [0.1, 0.15) is 34.8 Å². The first-order chi connectivity index (χ1) is 12.0. The molecular formula is C19H20Cl2N2O2. The maximum atomic E-state index is 12.0. The zero-order valence-electron chi connectivity index (χ0n) is 13.9. The molecule has 132 valence electrons. The van der Waals surface area contributed by atoms with Crippen LogP contribution >= 0.6 is 23.2 Å². The number of hydrogen-bond donors (Lipinski definition) is 2. The van der Waals surface area contributed by atoms with Crippen LogP contribution in [-0.2, 0) is 17.8 Å². The largest absolute Gasteiger partial charge is 0.352 e. The van der Waals surface area contributed by atoms with Gasteiger partial charge in [0.25, 0.3) is 5.91 Å². The van der Waals surface area contributed by atoms with Crippen LogP contribution in [0.15, 0.2) is 42.5 Å². The van der Waals surface area contributed by atoms with Crippen molar-refractivity contribution in [2.24, 2.45) is 0 Å². The predicted octanol–water partition coefficient (Wildman–Crippen LogP) is 3.99. The number of halogens is 2. The van der Waals surface area contributed by atoms with Crippen molar-refractivity contribution in [3.8, 4) is 0 Å². The molecule has 4 nitrogen and oxygen atoms in total. The molecule has 0 aliphatic heterocycles. The Bertz CT molecular complexity index is 763. The van der Waals surface area contributed by atoms with Gasteiger partial charge in [-0.2, -0.15) is 0 Å². The number of rotatable bonds is 7. The van der Waals surface area contributed by atoms with Crippen molar-refractivity contribution < 1.29 is 9.59 Å². The van der Waals surface area contributed by atoms with Crippen molar-refractivity contribution in [1.82, 2.24) is 10.6 Å². The normalized spacial score (nSPS) is 10.4. The van der Waals surface area contributed by atoms with E-state index >= 15 is 0 Å². The molecule has 2 amide bonds. The third-order valence-corrected chi connectivity index (χ3v) is 4.24. The molecule has 0 radical (unpaired) electrons. The Kier molecular flexibility index (Phi) is 7.29. The summed E-state index contributed by atoms with van der Waals surface area (Å²) in [6, 6.07) is 12.5. The zero-order valence-corrected chi connectivity index (χ0v) is 15.5. The van der Waals surface area contributed by atoms with Crippen LogP contribution in [0.5, 0.6) is 0 Å². The van der Waals surface area contributed by atoms with E-state index in [9.17, 15) is 9.59 Å². The number of benzene rings is 2. The molecule has 0 bridgehead atoms. The highest BCUT2D eigenvalue weighted by Gasteiger charge is 2.08. The fourth-order valence-corrected chi connectivity index (χ4v) is 2.85. The summed E-state index contributed by atoms with van der Waals surface area (Å²) in [7, 11) is 0. The summed E-state index contributed by atoms with van der Waals surface area (Å²) in [6.45, 7) is 2.82. The van der Waals surface area contributed by atoms with Crippen LogP contribution in [0.4, 0.5) is 0 Å². The van der Waals surface area contributed by atoms with Gasteiger partial charge in [0.05, 0.1) is 0 Å². The molecule has 0 atom stereocenters. The second-order valence-electron chi connectivity index (χ2n) is 5.57. The summed E-state index contributed by atoms with van der Waals surface area (Å²) in [4.78, 5) is 23.9. The Hall–Kier alpha value is -2.04. The first-order valence-corrected chi connectivity index (χ1v) is 8.83. The van der Waals surface area contributed by atoms with Gasteiger partial charge in [-0.15, -0.1) is 0 Å². The number of aryl methyl sites for hydroxylation is 1. The molecule has 0 saturated carbocycles. The van der Waals surface area contributed by atoms with Gasteiger partial charge in [-0.05, 0) is 48.7 Å². The van der Waals surface area contributed by atoms with E-state index in [1.165, 1.54) is 0 Å². The van der Waals surface area contributed by atoms with Crippen molar-refractivity contribution in [1.29, 1.82) is 0 Å². The van der Waals surface area contributed by atoms with Crippen LogP contribution in [0, 0.1) is 0 Å². The average Bonchev–Trinajstić information content (AvgIpc) is 2.59. The summed E-state index contributed by atoms with van der Waals surface area (Å²) >= 11 is 12.0. The number of carbonyl (C=O) groups is 2. The lowest BCUT2D eigenvalue weighted by molar-refractivity contribution is -0.121. The second kappa shape index (κ2) is 9.44. The lowest BCUT2D eigenvalue weighted by atomic mass is 10.1. The van der Waals surface area contributed by atoms with Gasteiger partial charge in [0.2, 0.25) is 5.91 Å². The molecule has 2 rings (SSSR count). The van der Waals surface area contributed by atoms with Crippen LogP contribution in [0.3, 0.4) is 0 Å².